The smallest absolute Gasteiger partial charge is 0.159 e. The lowest BCUT2D eigenvalue weighted by Gasteiger charge is -2.26. The molecule has 3 aromatic rings. The van der Waals surface area contributed by atoms with Crippen molar-refractivity contribution in [3.63, 3.8) is 0 Å². The lowest BCUT2D eigenvalue weighted by molar-refractivity contribution is -0.114. The average molecular weight is 485 g/mol. The molecular weight excluding hydrogens is 459 g/mol. The second-order valence-electron chi connectivity index (χ2n) is 7.96. The zero-order valence-electron chi connectivity index (χ0n) is 18.7. The van der Waals surface area contributed by atoms with Crippen molar-refractivity contribution in [1.29, 1.82) is 0 Å². The molecule has 0 unspecified atom stereocenters. The summed E-state index contributed by atoms with van der Waals surface area (Å²) < 4.78 is 25.0. The number of hydrogen-bond donors (Lipinski definition) is 1. The van der Waals surface area contributed by atoms with Crippen LogP contribution in [-0.2, 0) is 16.0 Å². The third kappa shape index (κ3) is 6.08. The van der Waals surface area contributed by atoms with Crippen LogP contribution in [0, 0.1) is 5.82 Å². The molecule has 0 spiro atoms. The summed E-state index contributed by atoms with van der Waals surface area (Å²) in [4.78, 5) is 23.2. The Morgan fingerprint density at radius 1 is 1.26 bits per heavy atom. The molecule has 1 aliphatic heterocycles. The van der Waals surface area contributed by atoms with Gasteiger partial charge in [-0.3, -0.25) is 9.69 Å². The number of carbonyl (C=O) groups is 1. The first-order chi connectivity index (χ1) is 16.5. The number of ether oxygens (including phenoxy) is 2. The number of nitrogens with zero attached hydrogens (tertiary/aromatic N) is 3. The summed E-state index contributed by atoms with van der Waals surface area (Å²) in [6.07, 6.45) is 3.74. The van der Waals surface area contributed by atoms with Crippen LogP contribution < -0.4 is 10.1 Å². The van der Waals surface area contributed by atoms with E-state index in [4.69, 9.17) is 21.1 Å². The Kier molecular flexibility index (Phi) is 8.05. The second-order valence-corrected chi connectivity index (χ2v) is 8.36. The Morgan fingerprint density at radius 2 is 2.09 bits per heavy atom. The quantitative estimate of drug-likeness (QED) is 0.334. The molecule has 0 amide bonds. The number of morpholine rings is 1. The normalized spacial score (nSPS) is 14.2. The maximum absolute atomic E-state index is 13.5. The molecule has 1 fully saturated rings. The molecule has 7 nitrogen and oxygen atoms in total. The minimum atomic E-state index is -0.500. The van der Waals surface area contributed by atoms with Crippen molar-refractivity contribution in [2.24, 2.45) is 0 Å². The van der Waals surface area contributed by atoms with Gasteiger partial charge in [-0.1, -0.05) is 18.2 Å². The van der Waals surface area contributed by atoms with E-state index in [1.807, 2.05) is 12.1 Å². The number of nitrogens with one attached hydrogen (secondary N) is 1. The van der Waals surface area contributed by atoms with Crippen LogP contribution in [0.2, 0.25) is 5.02 Å². The molecule has 1 N–H and O–H groups in total. The van der Waals surface area contributed by atoms with E-state index in [0.29, 0.717) is 34.8 Å². The van der Waals surface area contributed by atoms with Gasteiger partial charge < -0.3 is 14.8 Å². The first-order valence-electron chi connectivity index (χ1n) is 11.1. The molecule has 0 bridgehead atoms. The first kappa shape index (κ1) is 24.1. The Morgan fingerprint density at radius 3 is 2.85 bits per heavy atom. The van der Waals surface area contributed by atoms with Crippen molar-refractivity contribution in [2.75, 3.05) is 44.8 Å². The van der Waals surface area contributed by atoms with E-state index < -0.39 is 5.82 Å². The molecule has 9 heteroatoms. The molecule has 178 valence electrons. The number of aromatic nitrogens is 2. The van der Waals surface area contributed by atoms with Crippen molar-refractivity contribution in [3.8, 4) is 5.75 Å². The van der Waals surface area contributed by atoms with E-state index in [1.165, 1.54) is 24.5 Å². The van der Waals surface area contributed by atoms with Crippen LogP contribution in [0.25, 0.3) is 10.9 Å². The summed E-state index contributed by atoms with van der Waals surface area (Å²) in [5.74, 6) is 0.507. The molecule has 1 aromatic heterocycles. The van der Waals surface area contributed by atoms with Gasteiger partial charge in [0.1, 0.15) is 23.7 Å². The van der Waals surface area contributed by atoms with Gasteiger partial charge in [-0.25, -0.2) is 14.4 Å². The standard InChI is InChI=1S/C25H26ClFN4O3/c1-2-19(32)12-17-13-20-23(15-24(17)34-9-3-6-31-7-10-33-11-8-31)28-16-29-25(20)30-18-4-5-22(27)21(26)14-18/h2,4-5,13-16H,1,3,6-12H2,(H,28,29,30). The van der Waals surface area contributed by atoms with Crippen molar-refractivity contribution < 1.29 is 18.7 Å². The zero-order valence-corrected chi connectivity index (χ0v) is 19.5. The molecule has 1 aliphatic rings. The highest BCUT2D eigenvalue weighted by molar-refractivity contribution is 6.31. The predicted octanol–water partition coefficient (Wildman–Crippen LogP) is 4.56. The molecule has 0 radical (unpaired) electrons. The van der Waals surface area contributed by atoms with Crippen molar-refractivity contribution in [1.82, 2.24) is 14.9 Å². The number of ketones is 1. The maximum Gasteiger partial charge on any atom is 0.159 e. The van der Waals surface area contributed by atoms with Crippen LogP contribution in [0.4, 0.5) is 15.9 Å². The van der Waals surface area contributed by atoms with Crippen LogP contribution in [0.15, 0.2) is 49.3 Å². The van der Waals surface area contributed by atoms with Gasteiger partial charge in [-0.2, -0.15) is 0 Å². The fourth-order valence-corrected chi connectivity index (χ4v) is 3.95. The van der Waals surface area contributed by atoms with Gasteiger partial charge in [-0.15, -0.1) is 0 Å². The van der Waals surface area contributed by atoms with Crippen LogP contribution >= 0.6 is 11.6 Å². The lowest BCUT2D eigenvalue weighted by atomic mass is 10.0. The number of anilines is 2. The van der Waals surface area contributed by atoms with E-state index in [2.05, 4.69) is 26.8 Å². The van der Waals surface area contributed by atoms with Gasteiger partial charge in [0, 0.05) is 48.8 Å². The first-order valence-corrected chi connectivity index (χ1v) is 11.5. The van der Waals surface area contributed by atoms with E-state index in [-0.39, 0.29) is 17.2 Å². The number of fused-ring (bicyclic) bond motifs is 1. The van der Waals surface area contributed by atoms with E-state index in [1.54, 1.807) is 6.07 Å². The molecule has 2 aromatic carbocycles. The van der Waals surface area contributed by atoms with Crippen LogP contribution in [-0.4, -0.2) is 60.1 Å². The van der Waals surface area contributed by atoms with Gasteiger partial charge in [0.05, 0.1) is 30.4 Å². The molecule has 34 heavy (non-hydrogen) atoms. The number of benzene rings is 2. The number of halogens is 2. The molecular formula is C25H26ClFN4O3. The third-order valence-corrected chi connectivity index (χ3v) is 5.86. The van der Waals surface area contributed by atoms with E-state index >= 15 is 0 Å². The largest absolute Gasteiger partial charge is 0.493 e. The van der Waals surface area contributed by atoms with Gasteiger partial charge >= 0.3 is 0 Å². The second kappa shape index (κ2) is 11.4. The van der Waals surface area contributed by atoms with Crippen LogP contribution in [0.3, 0.4) is 0 Å². The van der Waals surface area contributed by atoms with Gasteiger partial charge in [0.2, 0.25) is 0 Å². The number of rotatable bonds is 10. The van der Waals surface area contributed by atoms with Crippen LogP contribution in [0.1, 0.15) is 12.0 Å². The molecule has 0 aliphatic carbocycles. The highest BCUT2D eigenvalue weighted by atomic mass is 35.5. The van der Waals surface area contributed by atoms with Crippen molar-refractivity contribution in [3.05, 3.63) is 65.7 Å². The Bertz CT molecular complexity index is 1180. The summed E-state index contributed by atoms with van der Waals surface area (Å²) in [6, 6.07) is 8.01. The van der Waals surface area contributed by atoms with Crippen molar-refractivity contribution >= 4 is 39.8 Å². The van der Waals surface area contributed by atoms with Gasteiger partial charge in [0.15, 0.2) is 5.78 Å². The van der Waals surface area contributed by atoms with Crippen LogP contribution in [0.5, 0.6) is 5.75 Å². The lowest BCUT2D eigenvalue weighted by Crippen LogP contribution is -2.37. The number of hydrogen-bond acceptors (Lipinski definition) is 7. The molecule has 4 rings (SSSR count). The Balaban J connectivity index is 1.56. The molecule has 1 saturated heterocycles. The number of allylic oxidation sites excluding steroid dienone is 1. The zero-order chi connectivity index (χ0) is 23.9. The summed E-state index contributed by atoms with van der Waals surface area (Å²) in [5.41, 5.74) is 1.96. The van der Waals surface area contributed by atoms with E-state index in [0.717, 1.165) is 44.8 Å². The summed E-state index contributed by atoms with van der Waals surface area (Å²) in [5, 5.41) is 3.87. The topological polar surface area (TPSA) is 76.6 Å². The average Bonchev–Trinajstić information content (AvgIpc) is 2.85. The van der Waals surface area contributed by atoms with Gasteiger partial charge in [0.25, 0.3) is 0 Å². The van der Waals surface area contributed by atoms with Crippen molar-refractivity contribution in [2.45, 2.75) is 12.8 Å². The summed E-state index contributed by atoms with van der Waals surface area (Å²) >= 11 is 5.91. The minimum absolute atomic E-state index is 0.00777. The summed E-state index contributed by atoms with van der Waals surface area (Å²) in [7, 11) is 0. The highest BCUT2D eigenvalue weighted by Crippen LogP contribution is 2.31. The molecule has 0 atom stereocenters. The van der Waals surface area contributed by atoms with E-state index in [9.17, 15) is 9.18 Å². The maximum atomic E-state index is 13.5. The summed E-state index contributed by atoms with van der Waals surface area (Å²) in [6.45, 7) is 8.41. The number of carbonyl (C=O) groups excluding carboxylic acids is 1. The Hall–Kier alpha value is -3.07. The predicted molar refractivity (Wildman–Crippen MR) is 131 cm³/mol. The Labute approximate surface area is 202 Å². The monoisotopic (exact) mass is 484 g/mol. The third-order valence-electron chi connectivity index (χ3n) is 5.57. The fourth-order valence-electron chi connectivity index (χ4n) is 3.77. The SMILES string of the molecule is C=CC(=O)Cc1cc2c(Nc3ccc(F)c(Cl)c3)ncnc2cc1OCCCN1CCOCC1. The molecule has 0 saturated carbocycles. The minimum Gasteiger partial charge on any atom is -0.493 e. The fraction of sp³-hybridized carbons (Fsp3) is 0.320. The molecule has 2 heterocycles. The highest BCUT2D eigenvalue weighted by Gasteiger charge is 2.15. The van der Waals surface area contributed by atoms with Gasteiger partial charge in [-0.05, 0) is 36.8 Å².